The van der Waals surface area contributed by atoms with Gasteiger partial charge in [0, 0.05) is 22.3 Å². The molecule has 2 aromatic rings. The zero-order valence-corrected chi connectivity index (χ0v) is 15.5. The number of carbonyl (C=O) groups is 1. The van der Waals surface area contributed by atoms with Crippen LogP contribution in [0.5, 0.6) is 5.75 Å². The van der Waals surface area contributed by atoms with Gasteiger partial charge in [0.1, 0.15) is 5.75 Å². The van der Waals surface area contributed by atoms with Gasteiger partial charge in [-0.3, -0.25) is 4.79 Å². The largest absolute Gasteiger partial charge is 0.495 e. The molecule has 0 aliphatic carbocycles. The summed E-state index contributed by atoms with van der Waals surface area (Å²) in [4.78, 5) is 12.2. The van der Waals surface area contributed by atoms with Crippen LogP contribution >= 0.6 is 43.2 Å². The van der Waals surface area contributed by atoms with Crippen LogP contribution in [0.3, 0.4) is 0 Å². The highest BCUT2D eigenvalue weighted by atomic mass is 79.9. The lowest BCUT2D eigenvalue weighted by Crippen LogP contribution is -2.08. The van der Waals surface area contributed by atoms with E-state index in [-0.39, 0.29) is 5.91 Å². The van der Waals surface area contributed by atoms with E-state index in [0.29, 0.717) is 6.54 Å². The first-order valence-corrected chi connectivity index (χ1v) is 8.58. The molecule has 2 N–H and O–H groups in total. The molecule has 1 aromatic carbocycles. The Morgan fingerprint density at radius 1 is 1.29 bits per heavy atom. The average molecular weight is 434 g/mol. The summed E-state index contributed by atoms with van der Waals surface area (Å²) in [7, 11) is 1.63. The maximum atomic E-state index is 11.2. The number of rotatable bonds is 5. The van der Waals surface area contributed by atoms with Crippen molar-refractivity contribution in [3.05, 3.63) is 37.4 Å². The van der Waals surface area contributed by atoms with Crippen LogP contribution in [-0.2, 0) is 11.3 Å². The van der Waals surface area contributed by atoms with Crippen molar-refractivity contribution in [1.29, 1.82) is 0 Å². The molecule has 7 heteroatoms. The predicted molar refractivity (Wildman–Crippen MR) is 94.3 cm³/mol. The predicted octanol–water partition coefficient (Wildman–Crippen LogP) is 4.85. The monoisotopic (exact) mass is 432 g/mol. The third-order valence-corrected chi connectivity index (χ3v) is 4.93. The number of nitrogens with one attached hydrogen (secondary N) is 2. The topological polar surface area (TPSA) is 50.4 Å². The summed E-state index contributed by atoms with van der Waals surface area (Å²) >= 11 is 8.56. The van der Waals surface area contributed by atoms with Crippen LogP contribution < -0.4 is 15.4 Å². The van der Waals surface area contributed by atoms with Crippen molar-refractivity contribution in [2.75, 3.05) is 17.7 Å². The highest BCUT2D eigenvalue weighted by molar-refractivity contribution is 9.11. The van der Waals surface area contributed by atoms with Gasteiger partial charge in [-0.25, -0.2) is 0 Å². The minimum absolute atomic E-state index is 0.0684. The first-order chi connectivity index (χ1) is 10.0. The van der Waals surface area contributed by atoms with Gasteiger partial charge in [-0.05, 0) is 49.4 Å². The fourth-order valence-electron chi connectivity index (χ4n) is 1.78. The van der Waals surface area contributed by atoms with Gasteiger partial charge >= 0.3 is 0 Å². The number of carbonyl (C=O) groups excluding carboxylic acids is 1. The number of hydrogen-bond acceptors (Lipinski definition) is 4. The molecule has 1 aromatic heterocycles. The summed E-state index contributed by atoms with van der Waals surface area (Å²) < 4.78 is 7.12. The number of ether oxygens (including phenoxy) is 1. The normalized spacial score (nSPS) is 10.3. The molecular weight excluding hydrogens is 420 g/mol. The van der Waals surface area contributed by atoms with Crippen LogP contribution in [0.1, 0.15) is 11.8 Å². The maximum Gasteiger partial charge on any atom is 0.221 e. The molecule has 0 atom stereocenters. The number of anilines is 2. The quantitative estimate of drug-likeness (QED) is 0.708. The second kappa shape index (κ2) is 7.29. The molecule has 1 amide bonds. The first kappa shape index (κ1) is 16.3. The van der Waals surface area contributed by atoms with Gasteiger partial charge in [-0.1, -0.05) is 0 Å². The van der Waals surface area contributed by atoms with E-state index in [0.717, 1.165) is 30.9 Å². The van der Waals surface area contributed by atoms with Gasteiger partial charge in [0.25, 0.3) is 0 Å². The molecule has 0 radical (unpaired) electrons. The van der Waals surface area contributed by atoms with Gasteiger partial charge < -0.3 is 15.4 Å². The molecule has 0 saturated heterocycles. The van der Waals surface area contributed by atoms with E-state index in [1.54, 1.807) is 18.4 Å². The van der Waals surface area contributed by atoms with Crippen LogP contribution in [0.15, 0.2) is 32.5 Å². The van der Waals surface area contributed by atoms with E-state index in [1.165, 1.54) is 6.92 Å². The van der Waals surface area contributed by atoms with Gasteiger partial charge in [-0.2, -0.15) is 0 Å². The Morgan fingerprint density at radius 2 is 2.05 bits per heavy atom. The first-order valence-electron chi connectivity index (χ1n) is 6.12. The minimum Gasteiger partial charge on any atom is -0.495 e. The highest BCUT2D eigenvalue weighted by Gasteiger charge is 2.09. The molecule has 1 heterocycles. The van der Waals surface area contributed by atoms with Crippen molar-refractivity contribution in [3.8, 4) is 5.75 Å². The third kappa shape index (κ3) is 4.21. The van der Waals surface area contributed by atoms with Crippen LogP contribution in [0.25, 0.3) is 0 Å². The van der Waals surface area contributed by atoms with Crippen molar-refractivity contribution in [1.82, 2.24) is 0 Å². The Bertz CT molecular complexity index is 658. The van der Waals surface area contributed by atoms with Crippen LogP contribution in [0.4, 0.5) is 11.4 Å². The summed E-state index contributed by atoms with van der Waals surface area (Å²) in [6, 6.07) is 5.75. The van der Waals surface area contributed by atoms with Crippen molar-refractivity contribution >= 4 is 60.5 Å². The standard InChI is InChI=1S/C14H14Br2N2O2S/c1-8(19)18-11-3-4-21-14(11)7-17-12-6-13(20-2)10(16)5-9(12)15/h3-6,17H,7H2,1-2H3,(H,18,19). The summed E-state index contributed by atoms with van der Waals surface area (Å²) in [5.41, 5.74) is 1.78. The van der Waals surface area contributed by atoms with Crippen LogP contribution in [0.2, 0.25) is 0 Å². The lowest BCUT2D eigenvalue weighted by Gasteiger charge is -2.12. The Hall–Kier alpha value is -1.05. The number of hydrogen-bond donors (Lipinski definition) is 2. The zero-order valence-electron chi connectivity index (χ0n) is 11.5. The smallest absolute Gasteiger partial charge is 0.221 e. The highest BCUT2D eigenvalue weighted by Crippen LogP contribution is 2.35. The van der Waals surface area contributed by atoms with Crippen molar-refractivity contribution in [2.45, 2.75) is 13.5 Å². The molecule has 0 unspecified atom stereocenters. The molecular formula is C14H14Br2N2O2S. The molecule has 112 valence electrons. The maximum absolute atomic E-state index is 11.2. The average Bonchev–Trinajstić information content (AvgIpc) is 2.84. The van der Waals surface area contributed by atoms with Crippen molar-refractivity contribution in [2.24, 2.45) is 0 Å². The Balaban J connectivity index is 2.13. The van der Waals surface area contributed by atoms with Crippen LogP contribution in [-0.4, -0.2) is 13.0 Å². The molecule has 0 aliphatic rings. The van der Waals surface area contributed by atoms with Gasteiger partial charge in [-0.15, -0.1) is 11.3 Å². The van der Waals surface area contributed by atoms with E-state index < -0.39 is 0 Å². The summed E-state index contributed by atoms with van der Waals surface area (Å²) in [6.07, 6.45) is 0. The molecule has 21 heavy (non-hydrogen) atoms. The van der Waals surface area contributed by atoms with E-state index >= 15 is 0 Å². The summed E-state index contributed by atoms with van der Waals surface area (Å²) in [6.45, 7) is 2.13. The van der Waals surface area contributed by atoms with Crippen molar-refractivity contribution < 1.29 is 9.53 Å². The second-order valence-electron chi connectivity index (χ2n) is 4.26. The second-order valence-corrected chi connectivity index (χ2v) is 6.97. The molecule has 0 spiro atoms. The minimum atomic E-state index is -0.0684. The van der Waals surface area contributed by atoms with E-state index in [9.17, 15) is 4.79 Å². The fraction of sp³-hybridized carbons (Fsp3) is 0.214. The fourth-order valence-corrected chi connectivity index (χ4v) is 3.84. The summed E-state index contributed by atoms with van der Waals surface area (Å²) in [5, 5.41) is 8.12. The number of halogens is 2. The van der Waals surface area contributed by atoms with Crippen LogP contribution in [0, 0.1) is 0 Å². The molecule has 0 saturated carbocycles. The molecule has 2 rings (SSSR count). The van der Waals surface area contributed by atoms with Gasteiger partial charge in [0.2, 0.25) is 5.91 Å². The Labute approximate surface area is 144 Å². The van der Waals surface area contributed by atoms with Gasteiger partial charge in [0.15, 0.2) is 0 Å². The molecule has 0 bridgehead atoms. The molecule has 4 nitrogen and oxygen atoms in total. The summed E-state index contributed by atoms with van der Waals surface area (Å²) in [5.74, 6) is 0.690. The lowest BCUT2D eigenvalue weighted by atomic mass is 10.3. The van der Waals surface area contributed by atoms with Gasteiger partial charge in [0.05, 0.1) is 29.5 Å². The zero-order chi connectivity index (χ0) is 15.4. The van der Waals surface area contributed by atoms with E-state index in [4.69, 9.17) is 4.74 Å². The SMILES string of the molecule is COc1cc(NCc2sccc2NC(C)=O)c(Br)cc1Br. The van der Waals surface area contributed by atoms with E-state index in [2.05, 4.69) is 42.5 Å². The third-order valence-electron chi connectivity index (χ3n) is 2.74. The molecule has 0 aliphatic heterocycles. The number of thiophene rings is 1. The number of methoxy groups -OCH3 is 1. The Kier molecular flexibility index (Phi) is 5.66. The van der Waals surface area contributed by atoms with Crippen molar-refractivity contribution in [3.63, 3.8) is 0 Å². The lowest BCUT2D eigenvalue weighted by molar-refractivity contribution is -0.114. The number of amides is 1. The molecule has 0 fully saturated rings. The Morgan fingerprint density at radius 3 is 2.71 bits per heavy atom. The number of benzene rings is 1. The van der Waals surface area contributed by atoms with E-state index in [1.807, 2.05) is 23.6 Å².